The van der Waals surface area contributed by atoms with Crippen molar-refractivity contribution in [3.05, 3.63) is 41.6 Å². The highest BCUT2D eigenvalue weighted by Crippen LogP contribution is 2.38. The van der Waals surface area contributed by atoms with Crippen LogP contribution in [-0.2, 0) is 5.41 Å². The van der Waals surface area contributed by atoms with Gasteiger partial charge in [0.1, 0.15) is 0 Å². The summed E-state index contributed by atoms with van der Waals surface area (Å²) < 4.78 is 0. The van der Waals surface area contributed by atoms with Crippen molar-refractivity contribution in [2.45, 2.75) is 26.2 Å². The van der Waals surface area contributed by atoms with E-state index in [-0.39, 0.29) is 5.41 Å². The van der Waals surface area contributed by atoms with Gasteiger partial charge < -0.3 is 4.98 Å². The molecule has 1 aliphatic rings. The van der Waals surface area contributed by atoms with Gasteiger partial charge >= 0.3 is 0 Å². The fraction of sp³-hybridized carbons (Fsp3) is 0.267. The zero-order valence-corrected chi connectivity index (χ0v) is 10.4. The van der Waals surface area contributed by atoms with Gasteiger partial charge in [-0.3, -0.25) is 4.99 Å². The number of hydrogen-bond donors (Lipinski definition) is 1. The van der Waals surface area contributed by atoms with Crippen LogP contribution in [0.3, 0.4) is 0 Å². The molecule has 1 N–H and O–H groups in total. The Hall–Kier alpha value is -1.83. The highest BCUT2D eigenvalue weighted by Gasteiger charge is 2.26. The van der Waals surface area contributed by atoms with Gasteiger partial charge in [0, 0.05) is 28.6 Å². The highest BCUT2D eigenvalue weighted by atomic mass is 14.8. The smallest absolute Gasteiger partial charge is 0.0674 e. The van der Waals surface area contributed by atoms with Crippen LogP contribution >= 0.6 is 0 Å². The number of aryl methyl sites for hydroxylation is 1. The van der Waals surface area contributed by atoms with Gasteiger partial charge in [-0.05, 0) is 30.7 Å². The van der Waals surface area contributed by atoms with E-state index in [1.165, 1.54) is 16.8 Å². The molecule has 0 saturated carbocycles. The fourth-order valence-electron chi connectivity index (χ4n) is 2.32. The second-order valence-corrected chi connectivity index (χ2v) is 5.27. The molecule has 2 heteroatoms. The minimum atomic E-state index is 0.0690. The number of benzene rings is 1. The van der Waals surface area contributed by atoms with E-state index < -0.39 is 0 Å². The number of hydrogen-bond acceptors (Lipinski definition) is 1. The van der Waals surface area contributed by atoms with Crippen molar-refractivity contribution in [3.8, 4) is 11.3 Å². The molecule has 17 heavy (non-hydrogen) atoms. The van der Waals surface area contributed by atoms with E-state index in [2.05, 4.69) is 61.1 Å². The Kier molecular flexibility index (Phi) is 2.02. The van der Waals surface area contributed by atoms with E-state index in [1.54, 1.807) is 0 Å². The van der Waals surface area contributed by atoms with Crippen LogP contribution in [0.1, 0.15) is 25.1 Å². The Morgan fingerprint density at radius 3 is 2.65 bits per heavy atom. The molecule has 0 aliphatic carbocycles. The van der Waals surface area contributed by atoms with Crippen molar-refractivity contribution in [1.29, 1.82) is 0 Å². The molecule has 0 spiro atoms. The van der Waals surface area contributed by atoms with Crippen molar-refractivity contribution in [1.82, 2.24) is 4.98 Å². The van der Waals surface area contributed by atoms with Crippen molar-refractivity contribution in [2.24, 2.45) is 4.99 Å². The molecule has 3 rings (SSSR count). The van der Waals surface area contributed by atoms with Gasteiger partial charge in [-0.1, -0.05) is 26.0 Å². The lowest BCUT2D eigenvalue weighted by Gasteiger charge is -2.15. The molecular weight excluding hydrogens is 208 g/mol. The number of nitrogens with one attached hydrogen (secondary N) is 1. The first-order valence-electron chi connectivity index (χ1n) is 5.92. The number of nitrogens with zero attached hydrogens (tertiary/aromatic N) is 1. The number of fused-ring (bicyclic) bond motifs is 1. The maximum atomic E-state index is 4.51. The first-order chi connectivity index (χ1) is 8.06. The highest BCUT2D eigenvalue weighted by molar-refractivity contribution is 5.86. The minimum Gasteiger partial charge on any atom is -0.359 e. The average Bonchev–Trinajstić information content (AvgIpc) is 2.84. The molecule has 0 radical (unpaired) electrons. The van der Waals surface area contributed by atoms with Crippen LogP contribution in [0.15, 0.2) is 35.3 Å². The van der Waals surface area contributed by atoms with Crippen LogP contribution in [0.2, 0.25) is 0 Å². The molecule has 0 fully saturated rings. The van der Waals surface area contributed by atoms with E-state index in [0.29, 0.717) is 0 Å². The minimum absolute atomic E-state index is 0.0690. The standard InChI is InChI=1S/C15H16N2/c1-10-4-7-13(17-10)11-5-6-12-14(8-11)16-9-15(12,2)3/h4-9,17H,1-3H3. The summed E-state index contributed by atoms with van der Waals surface area (Å²) in [4.78, 5) is 7.86. The van der Waals surface area contributed by atoms with Gasteiger partial charge in [-0.25, -0.2) is 0 Å². The van der Waals surface area contributed by atoms with Gasteiger partial charge in [-0.2, -0.15) is 0 Å². The SMILES string of the molecule is Cc1ccc(-c2ccc3c(c2)N=CC3(C)C)[nH]1. The lowest BCUT2D eigenvalue weighted by Crippen LogP contribution is -2.14. The molecule has 2 heterocycles. The number of aromatic amines is 1. The molecule has 86 valence electrons. The number of aliphatic imine (C=N–C) groups is 1. The largest absolute Gasteiger partial charge is 0.359 e. The Morgan fingerprint density at radius 1 is 1.12 bits per heavy atom. The van der Waals surface area contributed by atoms with Crippen LogP contribution in [0.5, 0.6) is 0 Å². The van der Waals surface area contributed by atoms with Crippen LogP contribution in [-0.4, -0.2) is 11.2 Å². The van der Waals surface area contributed by atoms with E-state index in [4.69, 9.17) is 0 Å². The zero-order valence-electron chi connectivity index (χ0n) is 10.4. The van der Waals surface area contributed by atoms with Gasteiger partial charge in [0.05, 0.1) is 5.69 Å². The van der Waals surface area contributed by atoms with Gasteiger partial charge in [0.15, 0.2) is 0 Å². The van der Waals surface area contributed by atoms with E-state index in [9.17, 15) is 0 Å². The molecule has 2 aromatic rings. The topological polar surface area (TPSA) is 28.1 Å². The summed E-state index contributed by atoms with van der Waals surface area (Å²) >= 11 is 0. The van der Waals surface area contributed by atoms with Gasteiger partial charge in [0.25, 0.3) is 0 Å². The van der Waals surface area contributed by atoms with Crippen molar-refractivity contribution >= 4 is 11.9 Å². The molecule has 1 aromatic heterocycles. The summed E-state index contributed by atoms with van der Waals surface area (Å²) in [6, 6.07) is 10.7. The zero-order chi connectivity index (χ0) is 12.0. The molecule has 0 bridgehead atoms. The maximum Gasteiger partial charge on any atom is 0.0674 e. The predicted octanol–water partition coefficient (Wildman–Crippen LogP) is 3.98. The van der Waals surface area contributed by atoms with E-state index in [1.807, 2.05) is 6.21 Å². The Balaban J connectivity index is 2.09. The van der Waals surface area contributed by atoms with Crippen molar-refractivity contribution in [3.63, 3.8) is 0 Å². The summed E-state index contributed by atoms with van der Waals surface area (Å²) in [7, 11) is 0. The molecule has 1 aromatic carbocycles. The maximum absolute atomic E-state index is 4.51. The van der Waals surface area contributed by atoms with Gasteiger partial charge in [-0.15, -0.1) is 0 Å². The normalized spacial score (nSPS) is 16.2. The number of rotatable bonds is 1. The Morgan fingerprint density at radius 2 is 1.94 bits per heavy atom. The summed E-state index contributed by atoms with van der Waals surface area (Å²) in [5, 5.41) is 0. The monoisotopic (exact) mass is 224 g/mol. The van der Waals surface area contributed by atoms with Crippen LogP contribution in [0.25, 0.3) is 11.3 Å². The third-order valence-corrected chi connectivity index (χ3v) is 3.36. The lowest BCUT2D eigenvalue weighted by molar-refractivity contribution is 0.753. The molecule has 0 amide bonds. The van der Waals surface area contributed by atoms with Crippen LogP contribution in [0.4, 0.5) is 5.69 Å². The number of H-pyrrole nitrogens is 1. The molecular formula is C15H16N2. The summed E-state index contributed by atoms with van der Waals surface area (Å²) in [6.07, 6.45) is 2.03. The molecule has 0 unspecified atom stereocenters. The van der Waals surface area contributed by atoms with E-state index in [0.717, 1.165) is 11.4 Å². The summed E-state index contributed by atoms with van der Waals surface area (Å²) in [5.74, 6) is 0. The molecule has 0 atom stereocenters. The fourth-order valence-corrected chi connectivity index (χ4v) is 2.32. The van der Waals surface area contributed by atoms with Crippen molar-refractivity contribution in [2.75, 3.05) is 0 Å². The Bertz CT molecular complexity index is 603. The van der Waals surface area contributed by atoms with E-state index >= 15 is 0 Å². The first kappa shape index (κ1) is 10.3. The third-order valence-electron chi connectivity index (χ3n) is 3.36. The average molecular weight is 224 g/mol. The van der Waals surface area contributed by atoms with Crippen LogP contribution in [0, 0.1) is 6.92 Å². The van der Waals surface area contributed by atoms with Crippen LogP contribution < -0.4 is 0 Å². The second kappa shape index (κ2) is 3.33. The molecule has 2 nitrogen and oxygen atoms in total. The molecule has 0 saturated heterocycles. The number of aromatic nitrogens is 1. The second-order valence-electron chi connectivity index (χ2n) is 5.27. The molecule has 1 aliphatic heterocycles. The summed E-state index contributed by atoms with van der Waals surface area (Å²) in [5.41, 5.74) is 6.02. The summed E-state index contributed by atoms with van der Waals surface area (Å²) in [6.45, 7) is 6.46. The van der Waals surface area contributed by atoms with Gasteiger partial charge in [0.2, 0.25) is 0 Å². The van der Waals surface area contributed by atoms with Crippen molar-refractivity contribution < 1.29 is 0 Å². The predicted molar refractivity (Wildman–Crippen MR) is 72.1 cm³/mol. The first-order valence-corrected chi connectivity index (χ1v) is 5.92. The quantitative estimate of drug-likeness (QED) is 0.759. The lowest BCUT2D eigenvalue weighted by atomic mass is 9.86. The third kappa shape index (κ3) is 1.60. The Labute approximate surface area is 101 Å².